The maximum atomic E-state index is 10.1. The number of primary amides is 1. The first-order valence-corrected chi connectivity index (χ1v) is 2.88. The van der Waals surface area contributed by atoms with Gasteiger partial charge in [-0.3, -0.25) is 4.79 Å². The van der Waals surface area contributed by atoms with Crippen molar-refractivity contribution in [3.05, 3.63) is 12.2 Å². The van der Waals surface area contributed by atoms with Crippen molar-refractivity contribution in [3.8, 4) is 0 Å². The third kappa shape index (κ3) is 5.27. The van der Waals surface area contributed by atoms with E-state index >= 15 is 0 Å². The number of hydroxylamine groups is 2. The molecule has 0 unspecified atom stereocenters. The SMILES string of the molecule is CON(C)CC=CC(N)=O. The lowest BCUT2D eigenvalue weighted by Crippen LogP contribution is -2.16. The predicted molar refractivity (Wildman–Crippen MR) is 38.0 cm³/mol. The van der Waals surface area contributed by atoms with E-state index in [9.17, 15) is 4.79 Å². The Morgan fingerprint density at radius 1 is 1.80 bits per heavy atom. The Morgan fingerprint density at radius 3 is 2.80 bits per heavy atom. The number of carbonyl (C=O) groups is 1. The molecular formula is C6H12N2O2. The molecule has 0 aromatic heterocycles. The minimum Gasteiger partial charge on any atom is -0.366 e. The van der Waals surface area contributed by atoms with E-state index < -0.39 is 5.91 Å². The molecule has 0 rings (SSSR count). The molecule has 1 amide bonds. The summed E-state index contributed by atoms with van der Waals surface area (Å²) in [6, 6.07) is 0. The lowest BCUT2D eigenvalue weighted by atomic mass is 10.5. The molecule has 58 valence electrons. The molecular weight excluding hydrogens is 132 g/mol. The second kappa shape index (κ2) is 4.96. The number of nitrogens with two attached hydrogens (primary N) is 1. The molecule has 0 saturated heterocycles. The van der Waals surface area contributed by atoms with Crippen LogP contribution < -0.4 is 5.73 Å². The van der Waals surface area contributed by atoms with Crippen molar-refractivity contribution >= 4 is 5.91 Å². The van der Waals surface area contributed by atoms with Gasteiger partial charge in [0.1, 0.15) is 0 Å². The Kier molecular flexibility index (Phi) is 4.53. The van der Waals surface area contributed by atoms with Crippen LogP contribution in [0.3, 0.4) is 0 Å². The van der Waals surface area contributed by atoms with Gasteiger partial charge in [-0.15, -0.1) is 0 Å². The Morgan fingerprint density at radius 2 is 2.40 bits per heavy atom. The highest BCUT2D eigenvalue weighted by Gasteiger charge is 1.88. The molecule has 0 aromatic rings. The van der Waals surface area contributed by atoms with Crippen LogP contribution in [0.1, 0.15) is 0 Å². The minimum absolute atomic E-state index is 0.440. The second-order valence-corrected chi connectivity index (χ2v) is 1.80. The summed E-state index contributed by atoms with van der Waals surface area (Å²) >= 11 is 0. The van der Waals surface area contributed by atoms with Gasteiger partial charge in [-0.2, -0.15) is 5.06 Å². The third-order valence-corrected chi connectivity index (χ3v) is 0.956. The van der Waals surface area contributed by atoms with Crippen LogP contribution in [0, 0.1) is 0 Å². The molecule has 4 nitrogen and oxygen atoms in total. The fraction of sp³-hybridized carbons (Fsp3) is 0.500. The van der Waals surface area contributed by atoms with E-state index in [1.807, 2.05) is 0 Å². The average molecular weight is 144 g/mol. The average Bonchev–Trinajstić information content (AvgIpc) is 1.87. The predicted octanol–water partition coefficient (Wildman–Crippen LogP) is -0.479. The molecule has 0 heterocycles. The molecule has 0 aliphatic rings. The highest BCUT2D eigenvalue weighted by Crippen LogP contribution is 1.81. The number of likely N-dealkylation sites (N-methyl/N-ethyl adjacent to an activating group) is 1. The fourth-order valence-electron chi connectivity index (χ4n) is 0.392. The van der Waals surface area contributed by atoms with Gasteiger partial charge in [-0.1, -0.05) is 6.08 Å². The van der Waals surface area contributed by atoms with Gasteiger partial charge in [0, 0.05) is 19.7 Å². The quantitative estimate of drug-likeness (QED) is 0.428. The van der Waals surface area contributed by atoms with Crippen molar-refractivity contribution in [2.45, 2.75) is 0 Å². The molecule has 0 aliphatic heterocycles. The van der Waals surface area contributed by atoms with E-state index in [1.165, 1.54) is 6.08 Å². The van der Waals surface area contributed by atoms with Gasteiger partial charge < -0.3 is 10.6 Å². The topological polar surface area (TPSA) is 55.6 Å². The largest absolute Gasteiger partial charge is 0.366 e. The summed E-state index contributed by atoms with van der Waals surface area (Å²) in [5.41, 5.74) is 4.84. The van der Waals surface area contributed by atoms with Crippen molar-refractivity contribution in [1.82, 2.24) is 5.06 Å². The van der Waals surface area contributed by atoms with Crippen molar-refractivity contribution in [3.63, 3.8) is 0 Å². The summed E-state index contributed by atoms with van der Waals surface area (Å²) in [6.45, 7) is 0.555. The lowest BCUT2D eigenvalue weighted by molar-refractivity contribution is -0.113. The number of hydrogen-bond donors (Lipinski definition) is 1. The van der Waals surface area contributed by atoms with Crippen molar-refractivity contribution in [2.24, 2.45) is 5.73 Å². The molecule has 0 bridgehead atoms. The van der Waals surface area contributed by atoms with E-state index in [-0.39, 0.29) is 0 Å². The third-order valence-electron chi connectivity index (χ3n) is 0.956. The summed E-state index contributed by atoms with van der Waals surface area (Å²) in [5, 5.41) is 1.57. The summed E-state index contributed by atoms with van der Waals surface area (Å²) in [5.74, 6) is -0.440. The Hall–Kier alpha value is -0.870. The zero-order valence-electron chi connectivity index (χ0n) is 6.20. The zero-order valence-corrected chi connectivity index (χ0v) is 6.20. The molecule has 0 saturated carbocycles. The second-order valence-electron chi connectivity index (χ2n) is 1.80. The van der Waals surface area contributed by atoms with Crippen LogP contribution in [0.4, 0.5) is 0 Å². The summed E-state index contributed by atoms with van der Waals surface area (Å²) in [4.78, 5) is 14.9. The van der Waals surface area contributed by atoms with E-state index in [1.54, 1.807) is 25.3 Å². The van der Waals surface area contributed by atoms with Gasteiger partial charge in [-0.25, -0.2) is 0 Å². The smallest absolute Gasteiger partial charge is 0.241 e. The molecule has 0 spiro atoms. The van der Waals surface area contributed by atoms with Gasteiger partial charge in [0.15, 0.2) is 0 Å². The molecule has 0 aromatic carbocycles. The fourth-order valence-corrected chi connectivity index (χ4v) is 0.392. The standard InChI is InChI=1S/C6H12N2O2/c1-8(10-2)5-3-4-6(7)9/h3-4H,5H2,1-2H3,(H2,7,9). The first-order chi connectivity index (χ1) is 4.66. The van der Waals surface area contributed by atoms with Gasteiger partial charge in [0.25, 0.3) is 0 Å². The number of nitrogens with zero attached hydrogens (tertiary/aromatic N) is 1. The highest BCUT2D eigenvalue weighted by atomic mass is 16.7. The van der Waals surface area contributed by atoms with Crippen LogP contribution in [0.25, 0.3) is 0 Å². The molecule has 0 fully saturated rings. The summed E-state index contributed by atoms with van der Waals surface area (Å²) < 4.78 is 0. The Labute approximate surface area is 60.2 Å². The van der Waals surface area contributed by atoms with Gasteiger partial charge in [-0.05, 0) is 0 Å². The highest BCUT2D eigenvalue weighted by molar-refractivity contribution is 5.85. The van der Waals surface area contributed by atoms with Gasteiger partial charge in [0.05, 0.1) is 7.11 Å². The summed E-state index contributed by atoms with van der Waals surface area (Å²) in [7, 11) is 3.31. The van der Waals surface area contributed by atoms with Crippen molar-refractivity contribution in [2.75, 3.05) is 20.7 Å². The first kappa shape index (κ1) is 9.13. The van der Waals surface area contributed by atoms with E-state index in [2.05, 4.69) is 0 Å². The van der Waals surface area contributed by atoms with Crippen LogP contribution in [-0.4, -0.2) is 31.7 Å². The van der Waals surface area contributed by atoms with Crippen LogP contribution in [0.15, 0.2) is 12.2 Å². The van der Waals surface area contributed by atoms with E-state index in [0.717, 1.165) is 0 Å². The monoisotopic (exact) mass is 144 g/mol. The molecule has 4 heteroatoms. The lowest BCUT2D eigenvalue weighted by Gasteiger charge is -2.08. The van der Waals surface area contributed by atoms with Gasteiger partial charge in [0.2, 0.25) is 5.91 Å². The van der Waals surface area contributed by atoms with Crippen LogP contribution in [0.2, 0.25) is 0 Å². The van der Waals surface area contributed by atoms with E-state index in [4.69, 9.17) is 10.6 Å². The van der Waals surface area contributed by atoms with Crippen molar-refractivity contribution < 1.29 is 9.63 Å². The van der Waals surface area contributed by atoms with Crippen LogP contribution in [-0.2, 0) is 9.63 Å². The zero-order chi connectivity index (χ0) is 7.98. The number of rotatable bonds is 4. The van der Waals surface area contributed by atoms with E-state index in [0.29, 0.717) is 6.54 Å². The number of amides is 1. The molecule has 10 heavy (non-hydrogen) atoms. The number of carbonyl (C=O) groups excluding carboxylic acids is 1. The molecule has 0 radical (unpaired) electrons. The maximum Gasteiger partial charge on any atom is 0.241 e. The Balaban J connectivity index is 3.43. The Bertz CT molecular complexity index is 134. The van der Waals surface area contributed by atoms with Crippen LogP contribution in [0.5, 0.6) is 0 Å². The molecule has 2 N–H and O–H groups in total. The molecule has 0 atom stereocenters. The first-order valence-electron chi connectivity index (χ1n) is 2.88. The van der Waals surface area contributed by atoms with Crippen molar-refractivity contribution in [1.29, 1.82) is 0 Å². The number of hydrogen-bond acceptors (Lipinski definition) is 3. The normalized spacial score (nSPS) is 11.1. The summed E-state index contributed by atoms with van der Waals surface area (Å²) in [6.07, 6.45) is 2.93. The maximum absolute atomic E-state index is 10.1. The molecule has 0 aliphatic carbocycles. The minimum atomic E-state index is -0.440. The van der Waals surface area contributed by atoms with Crippen LogP contribution >= 0.6 is 0 Å². The van der Waals surface area contributed by atoms with Gasteiger partial charge >= 0.3 is 0 Å².